The van der Waals surface area contributed by atoms with Crippen LogP contribution in [-0.4, -0.2) is 41.7 Å². The van der Waals surface area contributed by atoms with Crippen LogP contribution in [0.15, 0.2) is 11.1 Å². The highest BCUT2D eigenvalue weighted by molar-refractivity contribution is 8.00. The fraction of sp³-hybridized carbons (Fsp3) is 0.500. The molecule has 1 aromatic heterocycles. The maximum Gasteiger partial charge on any atom is 0.338 e. The molecule has 19 heavy (non-hydrogen) atoms. The maximum absolute atomic E-state index is 11.4. The number of rotatable bonds is 6. The first-order valence-corrected chi connectivity index (χ1v) is 8.62. The van der Waals surface area contributed by atoms with E-state index in [2.05, 4.69) is 4.98 Å². The normalized spacial score (nSPS) is 11.5. The fourth-order valence-electron chi connectivity index (χ4n) is 1.58. The van der Waals surface area contributed by atoms with Crippen LogP contribution >= 0.6 is 11.8 Å². The molecule has 0 aliphatic heterocycles. The van der Waals surface area contributed by atoms with Crippen LogP contribution in [0, 0.1) is 13.8 Å². The van der Waals surface area contributed by atoms with E-state index in [1.807, 2.05) is 0 Å². The highest BCUT2D eigenvalue weighted by Gasteiger charge is 2.17. The Hall–Kier alpha value is -1.08. The number of aromatic nitrogens is 1. The molecule has 0 saturated heterocycles. The van der Waals surface area contributed by atoms with E-state index < -0.39 is 15.8 Å². The van der Waals surface area contributed by atoms with E-state index in [1.165, 1.54) is 11.8 Å². The second-order valence-corrected chi connectivity index (χ2v) is 7.71. The zero-order valence-corrected chi connectivity index (χ0v) is 12.8. The first-order valence-electron chi connectivity index (χ1n) is 5.81. The molecule has 1 heterocycles. The Bertz CT molecular complexity index is 582. The third-order valence-corrected chi connectivity index (χ3v) is 5.54. The van der Waals surface area contributed by atoms with Gasteiger partial charge in [-0.2, -0.15) is 0 Å². The quantitative estimate of drug-likeness (QED) is 0.808. The van der Waals surface area contributed by atoms with Gasteiger partial charge in [-0.15, -0.1) is 11.8 Å². The predicted molar refractivity (Wildman–Crippen MR) is 75.7 cm³/mol. The number of nitrogens with zero attached hydrogens (tertiary/aromatic N) is 1. The van der Waals surface area contributed by atoms with Gasteiger partial charge >= 0.3 is 5.97 Å². The highest BCUT2D eigenvalue weighted by Crippen LogP contribution is 2.24. The molecule has 5 nitrogen and oxygen atoms in total. The van der Waals surface area contributed by atoms with E-state index in [0.29, 0.717) is 16.3 Å². The van der Waals surface area contributed by atoms with E-state index in [-0.39, 0.29) is 17.1 Å². The molecule has 7 heteroatoms. The summed E-state index contributed by atoms with van der Waals surface area (Å²) in [5, 5.41) is 9.56. The molecule has 1 rings (SSSR count). The average molecular weight is 303 g/mol. The van der Waals surface area contributed by atoms with Crippen molar-refractivity contribution in [1.29, 1.82) is 0 Å². The monoisotopic (exact) mass is 303 g/mol. The Kier molecular flexibility index (Phi) is 5.37. The molecule has 1 aromatic rings. The summed E-state index contributed by atoms with van der Waals surface area (Å²) in [5.41, 5.74) is 1.52. The van der Waals surface area contributed by atoms with Gasteiger partial charge in [0.2, 0.25) is 0 Å². The molecule has 0 aromatic carbocycles. The Balaban J connectivity index is 2.92. The Morgan fingerprint density at radius 3 is 2.58 bits per heavy atom. The number of hydrogen-bond acceptors (Lipinski definition) is 5. The fourth-order valence-corrected chi connectivity index (χ4v) is 4.01. The lowest BCUT2D eigenvalue weighted by atomic mass is 10.1. The van der Waals surface area contributed by atoms with Crippen LogP contribution in [0.25, 0.3) is 0 Å². The number of pyridine rings is 1. The molecule has 0 bridgehead atoms. The van der Waals surface area contributed by atoms with Crippen LogP contribution in [-0.2, 0) is 9.84 Å². The van der Waals surface area contributed by atoms with Crippen LogP contribution in [0.3, 0.4) is 0 Å². The number of thioether (sulfide) groups is 1. The van der Waals surface area contributed by atoms with Crippen molar-refractivity contribution >= 4 is 27.6 Å². The van der Waals surface area contributed by atoms with Gasteiger partial charge in [-0.25, -0.2) is 18.2 Å². The Labute approximate surface area is 117 Å². The van der Waals surface area contributed by atoms with Crippen molar-refractivity contribution in [2.75, 3.05) is 17.3 Å². The summed E-state index contributed by atoms with van der Waals surface area (Å²) in [5.74, 6) is -0.598. The van der Waals surface area contributed by atoms with Gasteiger partial charge in [-0.3, -0.25) is 0 Å². The Morgan fingerprint density at radius 1 is 1.42 bits per heavy atom. The molecule has 0 saturated carbocycles. The van der Waals surface area contributed by atoms with Crippen molar-refractivity contribution in [3.05, 3.63) is 22.9 Å². The van der Waals surface area contributed by atoms with Gasteiger partial charge in [0.05, 0.1) is 11.3 Å². The first-order chi connectivity index (χ1) is 8.76. The minimum Gasteiger partial charge on any atom is -0.478 e. The predicted octanol–water partition coefficient (Wildman–Crippen LogP) is 1.92. The number of hydrogen-bond donors (Lipinski definition) is 1. The number of aromatic carboxylic acids is 1. The molecule has 0 radical (unpaired) electrons. The van der Waals surface area contributed by atoms with E-state index in [0.717, 1.165) is 5.69 Å². The van der Waals surface area contributed by atoms with E-state index in [1.54, 1.807) is 26.8 Å². The van der Waals surface area contributed by atoms with Crippen LogP contribution in [0.2, 0.25) is 0 Å². The van der Waals surface area contributed by atoms with Gasteiger partial charge in [0.1, 0.15) is 5.03 Å². The van der Waals surface area contributed by atoms with Gasteiger partial charge in [-0.1, -0.05) is 6.92 Å². The third-order valence-electron chi connectivity index (χ3n) is 2.60. The second-order valence-electron chi connectivity index (χ2n) is 4.15. The van der Waals surface area contributed by atoms with Crippen molar-refractivity contribution in [3.63, 3.8) is 0 Å². The summed E-state index contributed by atoms with van der Waals surface area (Å²) in [6.45, 7) is 5.09. The second kappa shape index (κ2) is 6.38. The van der Waals surface area contributed by atoms with Gasteiger partial charge < -0.3 is 5.11 Å². The summed E-state index contributed by atoms with van der Waals surface area (Å²) < 4.78 is 22.8. The van der Waals surface area contributed by atoms with Crippen molar-refractivity contribution in [1.82, 2.24) is 4.98 Å². The lowest BCUT2D eigenvalue weighted by Gasteiger charge is -2.09. The zero-order chi connectivity index (χ0) is 14.6. The number of carboxylic acids is 1. The van der Waals surface area contributed by atoms with Crippen molar-refractivity contribution in [2.45, 2.75) is 25.8 Å². The molecule has 0 aliphatic carbocycles. The standard InChI is InChI=1S/C12H17NO4S2/c1-4-19(16,17)6-5-18-11-10(12(14)15)8(2)7-9(3)13-11/h7H,4-6H2,1-3H3,(H,14,15). The van der Waals surface area contributed by atoms with Gasteiger partial charge in [0.15, 0.2) is 9.84 Å². The maximum atomic E-state index is 11.4. The number of carbonyl (C=O) groups is 1. The third kappa shape index (κ3) is 4.50. The average Bonchev–Trinajstić information content (AvgIpc) is 2.27. The molecular weight excluding hydrogens is 286 g/mol. The smallest absolute Gasteiger partial charge is 0.338 e. The number of sulfone groups is 1. The molecular formula is C12H17NO4S2. The minimum absolute atomic E-state index is 0.0297. The lowest BCUT2D eigenvalue weighted by Crippen LogP contribution is -2.11. The van der Waals surface area contributed by atoms with Gasteiger partial charge in [-0.05, 0) is 25.5 Å². The van der Waals surface area contributed by atoms with E-state index in [4.69, 9.17) is 0 Å². The molecule has 0 fully saturated rings. The SMILES string of the molecule is CCS(=O)(=O)CCSc1nc(C)cc(C)c1C(=O)O. The largest absolute Gasteiger partial charge is 0.478 e. The molecule has 1 N–H and O–H groups in total. The summed E-state index contributed by atoms with van der Waals surface area (Å²) >= 11 is 1.17. The van der Waals surface area contributed by atoms with Crippen LogP contribution < -0.4 is 0 Å². The van der Waals surface area contributed by atoms with Crippen LogP contribution in [0.5, 0.6) is 0 Å². The molecule has 0 unspecified atom stereocenters. The van der Waals surface area contributed by atoms with Crippen molar-refractivity contribution < 1.29 is 18.3 Å². The molecule has 0 aliphatic rings. The van der Waals surface area contributed by atoms with Crippen LogP contribution in [0.1, 0.15) is 28.5 Å². The number of carboxylic acid groups (broad SMARTS) is 1. The topological polar surface area (TPSA) is 84.3 Å². The lowest BCUT2D eigenvalue weighted by molar-refractivity contribution is 0.0691. The zero-order valence-electron chi connectivity index (χ0n) is 11.1. The summed E-state index contributed by atoms with van der Waals surface area (Å²) in [6, 6.07) is 1.70. The van der Waals surface area contributed by atoms with Gasteiger partial charge in [0, 0.05) is 17.2 Å². The van der Waals surface area contributed by atoms with E-state index in [9.17, 15) is 18.3 Å². The van der Waals surface area contributed by atoms with E-state index >= 15 is 0 Å². The van der Waals surface area contributed by atoms with Crippen molar-refractivity contribution in [3.8, 4) is 0 Å². The first kappa shape index (κ1) is 16.0. The summed E-state index contributed by atoms with van der Waals surface area (Å²) in [4.78, 5) is 15.4. The summed E-state index contributed by atoms with van der Waals surface area (Å²) in [7, 11) is -3.04. The highest BCUT2D eigenvalue weighted by atomic mass is 32.2. The molecule has 106 valence electrons. The molecule has 0 amide bonds. The summed E-state index contributed by atoms with van der Waals surface area (Å²) in [6.07, 6.45) is 0. The molecule has 0 atom stereocenters. The van der Waals surface area contributed by atoms with Crippen LogP contribution in [0.4, 0.5) is 0 Å². The van der Waals surface area contributed by atoms with Crippen molar-refractivity contribution in [2.24, 2.45) is 0 Å². The minimum atomic E-state index is -3.04. The Morgan fingerprint density at radius 2 is 2.05 bits per heavy atom. The van der Waals surface area contributed by atoms with Gasteiger partial charge in [0.25, 0.3) is 0 Å². The molecule has 0 spiro atoms. The number of aryl methyl sites for hydroxylation is 2.